The van der Waals surface area contributed by atoms with Crippen molar-refractivity contribution >= 4 is 11.7 Å². The number of carbonyl (C=O) groups excluding carboxylic acids is 1. The number of carbonyl (C=O) groups is 1. The maximum atomic E-state index is 13.0. The average molecular weight is 447 g/mol. The number of amides is 1. The summed E-state index contributed by atoms with van der Waals surface area (Å²) in [5, 5.41) is 3.57. The molecule has 1 aliphatic carbocycles. The first-order valence-electron chi connectivity index (χ1n) is 10.4. The molecule has 7 nitrogen and oxygen atoms in total. The third-order valence-corrected chi connectivity index (χ3v) is 5.71. The Morgan fingerprint density at radius 1 is 1.19 bits per heavy atom. The molecular formula is C22H24F3N5O2. The summed E-state index contributed by atoms with van der Waals surface area (Å²) in [5.41, 5.74) is 2.79. The molecule has 10 heteroatoms. The van der Waals surface area contributed by atoms with Gasteiger partial charge in [0.2, 0.25) is 5.91 Å². The normalized spacial score (nSPS) is 14.1. The number of rotatable bonds is 7. The molecule has 1 aromatic carbocycles. The van der Waals surface area contributed by atoms with E-state index in [2.05, 4.69) is 15.1 Å². The molecule has 0 aliphatic heterocycles. The van der Waals surface area contributed by atoms with Gasteiger partial charge in [0, 0.05) is 30.4 Å². The Balaban J connectivity index is 1.50. The quantitative estimate of drug-likeness (QED) is 0.550. The van der Waals surface area contributed by atoms with Gasteiger partial charge in [0.05, 0.1) is 7.11 Å². The molecule has 4 rings (SSSR count). The SMILES string of the molecule is COc1ccc(CN(C(=O)CCc2c(C)nc3nc(C(F)(F)F)nn3c2C)C2CC2)cc1. The molecule has 0 atom stereocenters. The van der Waals surface area contributed by atoms with Crippen LogP contribution in [0.1, 0.15) is 47.6 Å². The largest absolute Gasteiger partial charge is 0.497 e. The van der Waals surface area contributed by atoms with Crippen LogP contribution < -0.4 is 4.74 Å². The Labute approximate surface area is 183 Å². The molecule has 0 radical (unpaired) electrons. The van der Waals surface area contributed by atoms with Crippen LogP contribution in [0.5, 0.6) is 5.75 Å². The number of halogens is 3. The second-order valence-corrected chi connectivity index (χ2v) is 8.01. The van der Waals surface area contributed by atoms with Gasteiger partial charge in [-0.1, -0.05) is 12.1 Å². The molecule has 0 unspecified atom stereocenters. The monoisotopic (exact) mass is 447 g/mol. The highest BCUT2D eigenvalue weighted by atomic mass is 19.4. The molecule has 1 saturated carbocycles. The third kappa shape index (κ3) is 4.53. The predicted octanol–water partition coefficient (Wildman–Crippen LogP) is 3.89. The molecule has 170 valence electrons. The van der Waals surface area contributed by atoms with Gasteiger partial charge < -0.3 is 9.64 Å². The van der Waals surface area contributed by atoms with Gasteiger partial charge in [-0.2, -0.15) is 18.2 Å². The number of hydrogen-bond acceptors (Lipinski definition) is 5. The van der Waals surface area contributed by atoms with E-state index in [1.54, 1.807) is 21.0 Å². The summed E-state index contributed by atoms with van der Waals surface area (Å²) < 4.78 is 45.2. The highest BCUT2D eigenvalue weighted by Crippen LogP contribution is 2.30. The van der Waals surface area contributed by atoms with E-state index < -0.39 is 12.0 Å². The molecule has 3 aromatic rings. The molecule has 1 amide bonds. The number of aromatic nitrogens is 4. The van der Waals surface area contributed by atoms with Crippen LogP contribution in [0.3, 0.4) is 0 Å². The summed E-state index contributed by atoms with van der Waals surface area (Å²) >= 11 is 0. The number of aryl methyl sites for hydroxylation is 2. The number of methoxy groups -OCH3 is 1. The first-order chi connectivity index (χ1) is 15.2. The predicted molar refractivity (Wildman–Crippen MR) is 110 cm³/mol. The highest BCUT2D eigenvalue weighted by Gasteiger charge is 2.37. The minimum atomic E-state index is -4.64. The molecule has 0 N–H and O–H groups in total. The van der Waals surface area contributed by atoms with Crippen LogP contribution in [0.2, 0.25) is 0 Å². The molecule has 1 fully saturated rings. The summed E-state index contributed by atoms with van der Waals surface area (Å²) in [6.45, 7) is 3.90. The highest BCUT2D eigenvalue weighted by molar-refractivity contribution is 5.77. The second-order valence-electron chi connectivity index (χ2n) is 8.01. The Hall–Kier alpha value is -3.17. The van der Waals surface area contributed by atoms with Crippen molar-refractivity contribution in [3.05, 3.63) is 52.6 Å². The molecule has 2 heterocycles. The lowest BCUT2D eigenvalue weighted by molar-refractivity contribution is -0.144. The van der Waals surface area contributed by atoms with Crippen molar-refractivity contribution in [3.63, 3.8) is 0 Å². The number of ether oxygens (including phenoxy) is 1. The van der Waals surface area contributed by atoms with E-state index in [1.165, 1.54) is 0 Å². The maximum absolute atomic E-state index is 13.0. The summed E-state index contributed by atoms with van der Waals surface area (Å²) in [6, 6.07) is 7.85. The topological polar surface area (TPSA) is 72.6 Å². The Bertz CT molecular complexity index is 1140. The van der Waals surface area contributed by atoms with Gasteiger partial charge in [0.25, 0.3) is 11.6 Å². The summed E-state index contributed by atoms with van der Waals surface area (Å²) in [5.74, 6) is -0.549. The zero-order chi connectivity index (χ0) is 23.0. The molecule has 1 aliphatic rings. The lowest BCUT2D eigenvalue weighted by atomic mass is 10.1. The first kappa shape index (κ1) is 22.0. The fraction of sp³-hybridized carbons (Fsp3) is 0.455. The van der Waals surface area contributed by atoms with Crippen LogP contribution in [0.25, 0.3) is 5.78 Å². The number of fused-ring (bicyclic) bond motifs is 1. The van der Waals surface area contributed by atoms with Crippen LogP contribution in [-0.2, 0) is 23.9 Å². The summed E-state index contributed by atoms with van der Waals surface area (Å²) in [6.07, 6.45) is -2.08. The van der Waals surface area contributed by atoms with Crippen LogP contribution in [-0.4, -0.2) is 43.5 Å². The lowest BCUT2D eigenvalue weighted by Crippen LogP contribution is -2.32. The fourth-order valence-electron chi connectivity index (χ4n) is 3.80. The van der Waals surface area contributed by atoms with Crippen LogP contribution >= 0.6 is 0 Å². The van der Waals surface area contributed by atoms with E-state index >= 15 is 0 Å². The van der Waals surface area contributed by atoms with Gasteiger partial charge in [0.15, 0.2) is 0 Å². The van der Waals surface area contributed by atoms with E-state index in [9.17, 15) is 18.0 Å². The number of nitrogens with zero attached hydrogens (tertiary/aromatic N) is 5. The van der Waals surface area contributed by atoms with E-state index in [0.717, 1.165) is 28.7 Å². The molecular weight excluding hydrogens is 423 g/mol. The van der Waals surface area contributed by atoms with Gasteiger partial charge in [-0.15, -0.1) is 5.10 Å². The van der Waals surface area contributed by atoms with Crippen molar-refractivity contribution in [2.45, 2.75) is 58.3 Å². The first-order valence-corrected chi connectivity index (χ1v) is 10.4. The maximum Gasteiger partial charge on any atom is 0.453 e. The van der Waals surface area contributed by atoms with Crippen molar-refractivity contribution in [1.29, 1.82) is 0 Å². The number of benzene rings is 1. The number of alkyl halides is 3. The van der Waals surface area contributed by atoms with Gasteiger partial charge in [0.1, 0.15) is 5.75 Å². The van der Waals surface area contributed by atoms with E-state index in [0.29, 0.717) is 29.9 Å². The Morgan fingerprint density at radius 2 is 1.88 bits per heavy atom. The van der Waals surface area contributed by atoms with Gasteiger partial charge >= 0.3 is 6.18 Å². The van der Waals surface area contributed by atoms with Crippen molar-refractivity contribution in [3.8, 4) is 5.75 Å². The van der Waals surface area contributed by atoms with Crippen molar-refractivity contribution in [2.75, 3.05) is 7.11 Å². The molecule has 0 bridgehead atoms. The van der Waals surface area contributed by atoms with Gasteiger partial charge in [-0.3, -0.25) is 4.79 Å². The molecule has 2 aromatic heterocycles. The van der Waals surface area contributed by atoms with E-state index in [4.69, 9.17) is 4.74 Å². The molecule has 0 spiro atoms. The van der Waals surface area contributed by atoms with Gasteiger partial charge in [-0.25, -0.2) is 9.50 Å². The summed E-state index contributed by atoms with van der Waals surface area (Å²) in [4.78, 5) is 22.6. The van der Waals surface area contributed by atoms with E-state index in [-0.39, 0.29) is 24.1 Å². The second kappa shape index (κ2) is 8.40. The van der Waals surface area contributed by atoms with Crippen molar-refractivity contribution in [2.24, 2.45) is 0 Å². The minimum Gasteiger partial charge on any atom is -0.497 e. The lowest BCUT2D eigenvalue weighted by Gasteiger charge is -2.23. The Morgan fingerprint density at radius 3 is 2.47 bits per heavy atom. The van der Waals surface area contributed by atoms with Crippen molar-refractivity contribution in [1.82, 2.24) is 24.5 Å². The van der Waals surface area contributed by atoms with Gasteiger partial charge in [-0.05, 0) is 56.4 Å². The standard InChI is InChI=1S/C22H24F3N5O2/c1-13-18(14(2)30-21(26-13)27-20(28-30)22(23,24)25)10-11-19(31)29(16-6-7-16)12-15-4-8-17(32-3)9-5-15/h4-5,8-9,16H,6-7,10-12H2,1-3H3. The number of hydrogen-bond donors (Lipinski definition) is 0. The van der Waals surface area contributed by atoms with Crippen LogP contribution in [0, 0.1) is 13.8 Å². The minimum absolute atomic E-state index is 0.0109. The Kier molecular flexibility index (Phi) is 5.79. The fourth-order valence-corrected chi connectivity index (χ4v) is 3.80. The average Bonchev–Trinajstić information content (AvgIpc) is 3.49. The van der Waals surface area contributed by atoms with Crippen LogP contribution in [0.15, 0.2) is 24.3 Å². The molecule has 0 saturated heterocycles. The van der Waals surface area contributed by atoms with Crippen LogP contribution in [0.4, 0.5) is 13.2 Å². The zero-order valence-electron chi connectivity index (χ0n) is 18.1. The van der Waals surface area contributed by atoms with E-state index in [1.807, 2.05) is 29.2 Å². The summed E-state index contributed by atoms with van der Waals surface area (Å²) in [7, 11) is 1.61. The smallest absolute Gasteiger partial charge is 0.453 e. The van der Waals surface area contributed by atoms with Crippen molar-refractivity contribution < 1.29 is 22.7 Å². The molecule has 32 heavy (non-hydrogen) atoms. The third-order valence-electron chi connectivity index (χ3n) is 5.71. The zero-order valence-corrected chi connectivity index (χ0v) is 18.1.